The van der Waals surface area contributed by atoms with Gasteiger partial charge in [-0.15, -0.1) is 11.3 Å². The number of hydrogen-bond donors (Lipinski definition) is 0. The normalized spacial score (nSPS) is 14.5. The predicted molar refractivity (Wildman–Crippen MR) is 127 cm³/mol. The molecule has 4 rings (SSSR count). The Bertz CT molecular complexity index is 1090. The Balaban J connectivity index is 1.72. The fourth-order valence-electron chi connectivity index (χ4n) is 3.83. The molecule has 5 nitrogen and oxygen atoms in total. The van der Waals surface area contributed by atoms with Gasteiger partial charge >= 0.3 is 0 Å². The number of nitrogens with zero attached hydrogens (tertiary/aromatic N) is 3. The van der Waals surface area contributed by atoms with Crippen LogP contribution in [0.2, 0.25) is 0 Å². The molecular formula is C25H29N3O2S. The third-order valence-corrected chi connectivity index (χ3v) is 6.39. The Morgan fingerprint density at radius 3 is 2.52 bits per heavy atom. The highest BCUT2D eigenvalue weighted by molar-refractivity contribution is 7.07. The van der Waals surface area contributed by atoms with Gasteiger partial charge in [0.05, 0.1) is 19.9 Å². The summed E-state index contributed by atoms with van der Waals surface area (Å²) in [6, 6.07) is 16.4. The van der Waals surface area contributed by atoms with E-state index < -0.39 is 0 Å². The molecule has 1 heterocycles. The summed E-state index contributed by atoms with van der Waals surface area (Å²) in [6.07, 6.45) is 6.75. The van der Waals surface area contributed by atoms with E-state index in [1.807, 2.05) is 28.9 Å². The minimum atomic E-state index is 0.731. The Morgan fingerprint density at radius 1 is 0.968 bits per heavy atom. The number of ether oxygens (including phenoxy) is 2. The first-order chi connectivity index (χ1) is 15.3. The van der Waals surface area contributed by atoms with Gasteiger partial charge in [-0.1, -0.05) is 36.8 Å². The maximum atomic E-state index is 5.67. The summed E-state index contributed by atoms with van der Waals surface area (Å²) in [5, 5.41) is 7.18. The number of rotatable bonds is 7. The lowest BCUT2D eigenvalue weighted by Gasteiger charge is -2.14. The van der Waals surface area contributed by atoms with Crippen molar-refractivity contribution < 1.29 is 9.47 Å². The Kier molecular flexibility index (Phi) is 7.20. The number of benzene rings is 2. The highest BCUT2D eigenvalue weighted by Crippen LogP contribution is 2.33. The predicted octanol–water partition coefficient (Wildman–Crippen LogP) is 5.55. The lowest BCUT2D eigenvalue weighted by molar-refractivity contribution is 0.395. The average Bonchev–Trinajstić information content (AvgIpc) is 3.22. The minimum Gasteiger partial charge on any atom is -0.497 e. The van der Waals surface area contributed by atoms with Gasteiger partial charge in [0.1, 0.15) is 11.5 Å². The Hall–Kier alpha value is -2.86. The summed E-state index contributed by atoms with van der Waals surface area (Å²) in [5.41, 5.74) is 4.54. The van der Waals surface area contributed by atoms with Gasteiger partial charge in [0, 0.05) is 29.3 Å². The van der Waals surface area contributed by atoms with Crippen molar-refractivity contribution in [2.75, 3.05) is 20.8 Å². The zero-order valence-electron chi connectivity index (χ0n) is 18.2. The molecule has 0 bridgehead atoms. The fourth-order valence-corrected chi connectivity index (χ4v) is 4.68. The average molecular weight is 436 g/mol. The van der Waals surface area contributed by atoms with E-state index in [0.717, 1.165) is 53.4 Å². The standard InChI is InChI=1S/C25H29N3O2S/c1-29-21-13-14-22(24(17-21)30-2)23-18-31-25(26-16-15-19-9-5-3-6-10-19)28(23)27-20-11-7-4-8-12-20/h3,5-6,9-10,13-14,17-18H,4,7-8,11-12,15-16H2,1-2H3. The first-order valence-electron chi connectivity index (χ1n) is 10.8. The van der Waals surface area contributed by atoms with Gasteiger partial charge in [-0.25, -0.2) is 4.68 Å². The van der Waals surface area contributed by atoms with Crippen LogP contribution in [0.1, 0.15) is 37.7 Å². The number of thiazole rings is 1. The van der Waals surface area contributed by atoms with Crippen molar-refractivity contribution in [1.82, 2.24) is 4.68 Å². The summed E-state index contributed by atoms with van der Waals surface area (Å²) in [4.78, 5) is 5.83. The second kappa shape index (κ2) is 10.4. The SMILES string of the molecule is COc1ccc(-c2csc(=NCCc3ccccc3)n2N=C2CCCCC2)c(OC)c1. The molecule has 0 saturated heterocycles. The summed E-state index contributed by atoms with van der Waals surface area (Å²) >= 11 is 1.63. The van der Waals surface area contributed by atoms with Crippen LogP contribution >= 0.6 is 11.3 Å². The van der Waals surface area contributed by atoms with Crippen molar-refractivity contribution in [3.63, 3.8) is 0 Å². The van der Waals surface area contributed by atoms with Gasteiger partial charge < -0.3 is 9.47 Å². The molecule has 0 unspecified atom stereocenters. The first kappa shape index (κ1) is 21.4. The van der Waals surface area contributed by atoms with E-state index in [1.54, 1.807) is 25.6 Å². The highest BCUT2D eigenvalue weighted by atomic mass is 32.1. The smallest absolute Gasteiger partial charge is 0.206 e. The van der Waals surface area contributed by atoms with Crippen LogP contribution in [0.5, 0.6) is 11.5 Å². The van der Waals surface area contributed by atoms with E-state index >= 15 is 0 Å². The van der Waals surface area contributed by atoms with E-state index in [9.17, 15) is 0 Å². The number of methoxy groups -OCH3 is 2. The van der Waals surface area contributed by atoms with Gasteiger partial charge in [0.15, 0.2) is 0 Å². The molecule has 162 valence electrons. The molecule has 3 aromatic rings. The van der Waals surface area contributed by atoms with Gasteiger partial charge in [-0.3, -0.25) is 4.99 Å². The highest BCUT2D eigenvalue weighted by Gasteiger charge is 2.15. The zero-order chi connectivity index (χ0) is 21.5. The Labute approximate surface area is 187 Å². The van der Waals surface area contributed by atoms with Gasteiger partial charge in [-0.05, 0) is 49.8 Å². The van der Waals surface area contributed by atoms with E-state index in [4.69, 9.17) is 19.6 Å². The molecule has 0 atom stereocenters. The van der Waals surface area contributed by atoms with E-state index in [1.165, 1.54) is 30.5 Å². The quantitative estimate of drug-likeness (QED) is 0.489. The molecule has 31 heavy (non-hydrogen) atoms. The first-order valence-corrected chi connectivity index (χ1v) is 11.7. The number of hydrogen-bond acceptors (Lipinski definition) is 5. The monoisotopic (exact) mass is 435 g/mol. The molecule has 6 heteroatoms. The largest absolute Gasteiger partial charge is 0.497 e. The molecule has 1 saturated carbocycles. The fraction of sp³-hybridized carbons (Fsp3) is 0.360. The second-order valence-corrected chi connectivity index (χ2v) is 8.46. The van der Waals surface area contributed by atoms with Crippen LogP contribution in [-0.4, -0.2) is 31.2 Å². The van der Waals surface area contributed by atoms with Crippen LogP contribution < -0.4 is 14.3 Å². The Morgan fingerprint density at radius 2 is 1.77 bits per heavy atom. The molecule has 0 spiro atoms. The molecule has 1 fully saturated rings. The van der Waals surface area contributed by atoms with Crippen molar-refractivity contribution >= 4 is 17.0 Å². The van der Waals surface area contributed by atoms with Crippen LogP contribution in [0.15, 0.2) is 64.0 Å². The molecule has 1 aliphatic rings. The van der Waals surface area contributed by atoms with Gasteiger partial charge in [0.2, 0.25) is 4.80 Å². The lowest BCUT2D eigenvalue weighted by Crippen LogP contribution is -2.17. The molecule has 1 aliphatic carbocycles. The third-order valence-electron chi connectivity index (χ3n) is 5.53. The van der Waals surface area contributed by atoms with Crippen molar-refractivity contribution in [3.8, 4) is 22.8 Å². The molecular weight excluding hydrogens is 406 g/mol. The molecule has 0 radical (unpaired) electrons. The van der Waals surface area contributed by atoms with Crippen LogP contribution in [0, 0.1) is 0 Å². The summed E-state index contributed by atoms with van der Waals surface area (Å²) in [6.45, 7) is 0.731. The summed E-state index contributed by atoms with van der Waals surface area (Å²) in [5.74, 6) is 1.54. The van der Waals surface area contributed by atoms with E-state index in [-0.39, 0.29) is 0 Å². The van der Waals surface area contributed by atoms with Crippen LogP contribution in [-0.2, 0) is 6.42 Å². The summed E-state index contributed by atoms with van der Waals surface area (Å²) < 4.78 is 13.1. The molecule has 0 N–H and O–H groups in total. The molecule has 0 amide bonds. The number of aromatic nitrogens is 1. The van der Waals surface area contributed by atoms with Crippen molar-refractivity contribution in [3.05, 3.63) is 64.3 Å². The lowest BCUT2D eigenvalue weighted by atomic mass is 9.99. The maximum Gasteiger partial charge on any atom is 0.206 e. The van der Waals surface area contributed by atoms with Gasteiger partial charge in [-0.2, -0.15) is 5.10 Å². The van der Waals surface area contributed by atoms with Crippen LogP contribution in [0.25, 0.3) is 11.3 Å². The topological polar surface area (TPSA) is 48.1 Å². The molecule has 2 aromatic carbocycles. The van der Waals surface area contributed by atoms with Crippen LogP contribution in [0.3, 0.4) is 0 Å². The van der Waals surface area contributed by atoms with Crippen molar-refractivity contribution in [2.24, 2.45) is 10.1 Å². The van der Waals surface area contributed by atoms with Crippen molar-refractivity contribution in [1.29, 1.82) is 0 Å². The summed E-state index contributed by atoms with van der Waals surface area (Å²) in [7, 11) is 3.35. The second-order valence-electron chi connectivity index (χ2n) is 7.63. The van der Waals surface area contributed by atoms with E-state index in [0.29, 0.717) is 0 Å². The molecule has 0 aliphatic heterocycles. The van der Waals surface area contributed by atoms with Crippen molar-refractivity contribution in [2.45, 2.75) is 38.5 Å². The molecule has 1 aromatic heterocycles. The third kappa shape index (κ3) is 5.25. The van der Waals surface area contributed by atoms with E-state index in [2.05, 4.69) is 29.6 Å². The maximum absolute atomic E-state index is 5.67. The zero-order valence-corrected chi connectivity index (χ0v) is 19.0. The minimum absolute atomic E-state index is 0.731. The van der Waals surface area contributed by atoms with Crippen LogP contribution in [0.4, 0.5) is 0 Å². The van der Waals surface area contributed by atoms with Gasteiger partial charge in [0.25, 0.3) is 0 Å².